The number of hydrogen-bond donors (Lipinski definition) is 3. The summed E-state index contributed by atoms with van der Waals surface area (Å²) in [5.41, 5.74) is 10.7. The number of benzene rings is 2. The number of hydrazine groups is 1. The van der Waals surface area contributed by atoms with Crippen LogP contribution in [0.1, 0.15) is 59.9 Å². The fraction of sp³-hybridized carbons (Fsp3) is 0.346. The molecule has 3 heterocycles. The Morgan fingerprint density at radius 2 is 1.81 bits per heavy atom. The molecule has 2 aliphatic rings. The van der Waals surface area contributed by atoms with Gasteiger partial charge >= 0.3 is 0 Å². The number of aromatic hydroxyl groups is 1. The van der Waals surface area contributed by atoms with Crippen molar-refractivity contribution in [3.8, 4) is 5.75 Å². The van der Waals surface area contributed by atoms with Gasteiger partial charge in [0.2, 0.25) is 5.91 Å². The third kappa shape index (κ3) is 3.49. The zero-order valence-corrected chi connectivity index (χ0v) is 18.6. The molecule has 166 valence electrons. The highest BCUT2D eigenvalue weighted by atomic mass is 16.3. The van der Waals surface area contributed by atoms with E-state index in [-0.39, 0.29) is 35.7 Å². The summed E-state index contributed by atoms with van der Waals surface area (Å²) in [6, 6.07) is 17.2. The highest BCUT2D eigenvalue weighted by Crippen LogP contribution is 2.49. The number of nitrogens with zero attached hydrogens (tertiary/aromatic N) is 1. The quantitative estimate of drug-likeness (QED) is 0.560. The molecule has 3 N–H and O–H groups in total. The van der Waals surface area contributed by atoms with E-state index in [9.17, 15) is 9.90 Å². The number of likely N-dealkylation sites (tertiary alicyclic amines) is 1. The number of phenols is 1. The van der Waals surface area contributed by atoms with Crippen molar-refractivity contribution in [2.24, 2.45) is 5.92 Å². The lowest BCUT2D eigenvalue weighted by molar-refractivity contribution is -0.131. The van der Waals surface area contributed by atoms with Crippen LogP contribution in [0.3, 0.4) is 0 Å². The van der Waals surface area contributed by atoms with Gasteiger partial charge in [0.05, 0.1) is 24.9 Å². The summed E-state index contributed by atoms with van der Waals surface area (Å²) >= 11 is 0. The molecule has 5 rings (SSSR count). The number of aryl methyl sites for hydroxylation is 1. The van der Waals surface area contributed by atoms with Crippen LogP contribution < -0.4 is 10.9 Å². The Bertz CT molecular complexity index is 1110. The lowest BCUT2D eigenvalue weighted by Crippen LogP contribution is -2.41. The molecule has 2 fully saturated rings. The first-order valence-corrected chi connectivity index (χ1v) is 11.2. The Kier molecular flexibility index (Phi) is 5.27. The monoisotopic (exact) mass is 431 g/mol. The van der Waals surface area contributed by atoms with Gasteiger partial charge in [-0.15, -0.1) is 0 Å². The van der Waals surface area contributed by atoms with E-state index in [4.69, 9.17) is 4.42 Å². The molecule has 0 spiro atoms. The van der Waals surface area contributed by atoms with Gasteiger partial charge in [-0.3, -0.25) is 4.79 Å². The van der Waals surface area contributed by atoms with Crippen molar-refractivity contribution in [1.29, 1.82) is 0 Å². The molecule has 6 nitrogen and oxygen atoms in total. The summed E-state index contributed by atoms with van der Waals surface area (Å²) < 4.78 is 5.58. The Hall–Kier alpha value is -3.09. The third-order valence-corrected chi connectivity index (χ3v) is 6.78. The van der Waals surface area contributed by atoms with Crippen molar-refractivity contribution in [3.05, 3.63) is 88.9 Å². The number of carbonyl (C=O) groups excluding carboxylic acids is 1. The first-order chi connectivity index (χ1) is 15.4. The molecule has 2 aliphatic heterocycles. The molecule has 0 radical (unpaired) electrons. The molecule has 0 bridgehead atoms. The number of fused-ring (bicyclic) bond motifs is 1. The Labute approximate surface area is 188 Å². The van der Waals surface area contributed by atoms with Crippen molar-refractivity contribution in [2.75, 3.05) is 0 Å². The molecule has 3 aromatic rings. The predicted octanol–water partition coefficient (Wildman–Crippen LogP) is 4.33. The van der Waals surface area contributed by atoms with E-state index in [1.165, 1.54) is 5.56 Å². The summed E-state index contributed by atoms with van der Waals surface area (Å²) in [5, 5.41) is 10.6. The van der Waals surface area contributed by atoms with E-state index < -0.39 is 0 Å². The second-order valence-electron chi connectivity index (χ2n) is 9.20. The van der Waals surface area contributed by atoms with Crippen LogP contribution in [0.15, 0.2) is 65.3 Å². The van der Waals surface area contributed by atoms with Gasteiger partial charge in [0.1, 0.15) is 17.6 Å². The first-order valence-electron chi connectivity index (χ1n) is 11.2. The number of amides is 1. The van der Waals surface area contributed by atoms with E-state index in [1.807, 2.05) is 36.1 Å². The maximum Gasteiger partial charge on any atom is 0.242 e. The van der Waals surface area contributed by atoms with Gasteiger partial charge < -0.3 is 14.4 Å². The van der Waals surface area contributed by atoms with Gasteiger partial charge in [0, 0.05) is 11.5 Å². The zero-order valence-electron chi connectivity index (χ0n) is 18.6. The third-order valence-electron chi connectivity index (χ3n) is 6.78. The summed E-state index contributed by atoms with van der Waals surface area (Å²) in [6.07, 6.45) is 1.64. The molecule has 1 aromatic heterocycles. The minimum absolute atomic E-state index is 0.0338. The number of rotatable bonds is 5. The largest absolute Gasteiger partial charge is 0.508 e. The molecule has 0 saturated carbocycles. The lowest BCUT2D eigenvalue weighted by Gasteiger charge is -2.31. The molecule has 2 aromatic carbocycles. The smallest absolute Gasteiger partial charge is 0.242 e. The summed E-state index contributed by atoms with van der Waals surface area (Å²) in [6.45, 7) is 6.76. The van der Waals surface area contributed by atoms with Crippen LogP contribution in [-0.4, -0.2) is 22.0 Å². The minimum atomic E-state index is -0.385. The van der Waals surface area contributed by atoms with E-state index in [1.54, 1.807) is 12.3 Å². The number of phenolic OH excluding ortho intramolecular Hbond substituents is 1. The van der Waals surface area contributed by atoms with Crippen LogP contribution in [0.4, 0.5) is 0 Å². The average molecular weight is 432 g/mol. The minimum Gasteiger partial charge on any atom is -0.508 e. The van der Waals surface area contributed by atoms with Crippen molar-refractivity contribution < 1.29 is 14.3 Å². The van der Waals surface area contributed by atoms with Gasteiger partial charge in [0.25, 0.3) is 0 Å². The van der Waals surface area contributed by atoms with Gasteiger partial charge in [-0.25, -0.2) is 10.9 Å². The van der Waals surface area contributed by atoms with Crippen LogP contribution in [0.2, 0.25) is 0 Å². The normalized spacial score (nSPS) is 25.0. The molecule has 4 unspecified atom stereocenters. The van der Waals surface area contributed by atoms with Crippen molar-refractivity contribution in [3.63, 3.8) is 0 Å². The van der Waals surface area contributed by atoms with Crippen LogP contribution in [0, 0.1) is 12.8 Å². The van der Waals surface area contributed by atoms with Crippen LogP contribution in [-0.2, 0) is 11.3 Å². The Balaban J connectivity index is 1.58. The van der Waals surface area contributed by atoms with E-state index in [2.05, 4.69) is 49.0 Å². The van der Waals surface area contributed by atoms with Crippen LogP contribution in [0.5, 0.6) is 5.75 Å². The summed E-state index contributed by atoms with van der Waals surface area (Å²) in [5.74, 6) is 1.38. The lowest BCUT2D eigenvalue weighted by atomic mass is 9.82. The van der Waals surface area contributed by atoms with Crippen LogP contribution in [0.25, 0.3) is 0 Å². The first kappa shape index (κ1) is 20.8. The molecule has 0 aliphatic carbocycles. The van der Waals surface area contributed by atoms with Gasteiger partial charge in [-0.05, 0) is 42.2 Å². The predicted molar refractivity (Wildman–Crippen MR) is 122 cm³/mol. The van der Waals surface area contributed by atoms with E-state index >= 15 is 0 Å². The summed E-state index contributed by atoms with van der Waals surface area (Å²) in [7, 11) is 0. The summed E-state index contributed by atoms with van der Waals surface area (Å²) in [4.78, 5) is 15.4. The molecular weight excluding hydrogens is 402 g/mol. The molecule has 6 heteroatoms. The number of nitrogens with one attached hydrogen (secondary N) is 2. The average Bonchev–Trinajstić information content (AvgIpc) is 3.50. The van der Waals surface area contributed by atoms with Crippen molar-refractivity contribution in [1.82, 2.24) is 15.8 Å². The standard InChI is InChI=1S/C26H29N3O3/c1-15(2)17-7-9-18(10-8-17)25-22-23(20-13-16(3)6-11-21(20)30)27-28-24(22)26(31)29(25)14-19-5-4-12-32-19/h4-13,15,22-25,27-28,30H,14H2,1-3H3. The SMILES string of the molecule is Cc1ccc(O)c(C2NNC3C(=O)N(Cc4ccco4)C(c4ccc(C(C)C)cc4)C32)c1. The van der Waals surface area contributed by atoms with Gasteiger partial charge in [-0.1, -0.05) is 55.8 Å². The van der Waals surface area contributed by atoms with E-state index in [0.717, 1.165) is 22.5 Å². The topological polar surface area (TPSA) is 77.7 Å². The molecule has 1 amide bonds. The molecule has 32 heavy (non-hydrogen) atoms. The zero-order chi connectivity index (χ0) is 22.4. The molecule has 4 atom stereocenters. The number of carbonyl (C=O) groups is 1. The second-order valence-corrected chi connectivity index (χ2v) is 9.20. The fourth-order valence-electron chi connectivity index (χ4n) is 5.11. The van der Waals surface area contributed by atoms with E-state index in [0.29, 0.717) is 12.5 Å². The fourth-order valence-corrected chi connectivity index (χ4v) is 5.11. The molecular formula is C26H29N3O3. The number of hydrogen-bond acceptors (Lipinski definition) is 5. The highest BCUT2D eigenvalue weighted by Gasteiger charge is 2.56. The van der Waals surface area contributed by atoms with Gasteiger partial charge in [-0.2, -0.15) is 0 Å². The maximum atomic E-state index is 13.5. The van der Waals surface area contributed by atoms with Gasteiger partial charge in [0.15, 0.2) is 0 Å². The van der Waals surface area contributed by atoms with Crippen molar-refractivity contribution in [2.45, 2.75) is 51.4 Å². The Morgan fingerprint density at radius 3 is 2.50 bits per heavy atom. The highest BCUT2D eigenvalue weighted by molar-refractivity contribution is 5.86. The van der Waals surface area contributed by atoms with Crippen molar-refractivity contribution >= 4 is 5.91 Å². The number of furan rings is 1. The molecule has 2 saturated heterocycles. The van der Waals surface area contributed by atoms with Crippen LogP contribution >= 0.6 is 0 Å². The second kappa shape index (κ2) is 8.11. The Morgan fingerprint density at radius 1 is 1.06 bits per heavy atom. The maximum absolute atomic E-state index is 13.5.